The van der Waals surface area contributed by atoms with E-state index in [4.69, 9.17) is 5.73 Å². The van der Waals surface area contributed by atoms with Gasteiger partial charge in [-0.15, -0.1) is 0 Å². The predicted molar refractivity (Wildman–Crippen MR) is 90.2 cm³/mol. The van der Waals surface area contributed by atoms with Crippen molar-refractivity contribution in [1.29, 1.82) is 0 Å². The van der Waals surface area contributed by atoms with E-state index in [1.165, 1.54) is 12.1 Å². The lowest BCUT2D eigenvalue weighted by Crippen LogP contribution is -2.46. The topological polar surface area (TPSA) is 93.2 Å². The smallest absolute Gasteiger partial charge is 0.318 e. The van der Waals surface area contributed by atoms with Gasteiger partial charge in [-0.1, -0.05) is 0 Å². The molecule has 132 valence electrons. The lowest BCUT2D eigenvalue weighted by Gasteiger charge is -2.29. The number of nitrogens with one attached hydrogen (secondary N) is 1. The van der Waals surface area contributed by atoms with Crippen molar-refractivity contribution in [2.75, 3.05) is 6.54 Å². The molecule has 2 aromatic rings. The number of amides is 3. The number of carbonyl (C=O) groups excluding carboxylic acids is 2. The Morgan fingerprint density at radius 1 is 1.24 bits per heavy atom. The molecule has 0 saturated heterocycles. The van der Waals surface area contributed by atoms with Gasteiger partial charge in [0.2, 0.25) is 0 Å². The lowest BCUT2D eigenvalue weighted by molar-refractivity contribution is 0.0997. The first kappa shape index (κ1) is 16.9. The first-order valence-electron chi connectivity index (χ1n) is 8.07. The van der Waals surface area contributed by atoms with Crippen molar-refractivity contribution < 1.29 is 14.0 Å². The number of nitrogens with two attached hydrogens (primary N) is 1. The van der Waals surface area contributed by atoms with E-state index in [0.717, 1.165) is 0 Å². The molecular weight excluding hydrogens is 325 g/mol. The first-order chi connectivity index (χ1) is 11.9. The number of carbonyl (C=O) groups is 2. The summed E-state index contributed by atoms with van der Waals surface area (Å²) in [6, 6.07) is 5.55. The van der Waals surface area contributed by atoms with Crippen LogP contribution in [0, 0.1) is 5.82 Å². The number of hydrogen-bond acceptors (Lipinski definition) is 3. The highest BCUT2D eigenvalue weighted by atomic mass is 19.1. The number of hydrogen-bond donors (Lipinski definition) is 2. The number of halogens is 1. The third-order valence-electron chi connectivity index (χ3n) is 4.04. The Hall–Kier alpha value is -2.90. The van der Waals surface area contributed by atoms with Gasteiger partial charge in [0.25, 0.3) is 5.91 Å². The van der Waals surface area contributed by atoms with Crippen LogP contribution in [-0.4, -0.2) is 39.2 Å². The van der Waals surface area contributed by atoms with Crippen LogP contribution >= 0.6 is 0 Å². The molecule has 1 aliphatic rings. The van der Waals surface area contributed by atoms with Gasteiger partial charge in [-0.2, -0.15) is 5.10 Å². The molecule has 2 heterocycles. The van der Waals surface area contributed by atoms with Crippen molar-refractivity contribution in [3.05, 3.63) is 41.3 Å². The molecule has 3 N–H and O–H groups in total. The van der Waals surface area contributed by atoms with Crippen LogP contribution in [0.1, 0.15) is 29.9 Å². The molecule has 3 amide bonds. The zero-order valence-corrected chi connectivity index (χ0v) is 14.1. The molecule has 3 rings (SSSR count). The van der Waals surface area contributed by atoms with Crippen LogP contribution in [0.5, 0.6) is 0 Å². The summed E-state index contributed by atoms with van der Waals surface area (Å²) in [5, 5.41) is 7.30. The fourth-order valence-electron chi connectivity index (χ4n) is 2.90. The third-order valence-corrected chi connectivity index (χ3v) is 4.04. The highest BCUT2D eigenvalue weighted by molar-refractivity contribution is 6.00. The Morgan fingerprint density at radius 3 is 2.52 bits per heavy atom. The largest absolute Gasteiger partial charge is 0.365 e. The summed E-state index contributed by atoms with van der Waals surface area (Å²) in [5.74, 6) is -0.989. The summed E-state index contributed by atoms with van der Waals surface area (Å²) in [7, 11) is 0. The maximum absolute atomic E-state index is 13.2. The van der Waals surface area contributed by atoms with Crippen LogP contribution in [0.25, 0.3) is 11.3 Å². The average molecular weight is 345 g/mol. The zero-order valence-electron chi connectivity index (χ0n) is 14.1. The molecule has 1 aromatic carbocycles. The standard InChI is InChI=1S/C17H20FN5O2/c1-10(2)20-17(25)22-7-8-23-13(9-22)14(16(19)24)15(21-23)11-3-5-12(18)6-4-11/h3-6,10H,7-9H2,1-2H3,(H2,19,24)(H,20,25). The molecule has 0 bridgehead atoms. The van der Waals surface area contributed by atoms with E-state index < -0.39 is 5.91 Å². The molecule has 1 aromatic heterocycles. The highest BCUT2D eigenvalue weighted by Gasteiger charge is 2.29. The van der Waals surface area contributed by atoms with E-state index in [9.17, 15) is 14.0 Å². The van der Waals surface area contributed by atoms with Crippen LogP contribution in [0.15, 0.2) is 24.3 Å². The summed E-state index contributed by atoms with van der Waals surface area (Å²) in [6.45, 7) is 4.95. The molecule has 1 aliphatic heterocycles. The molecule has 0 unspecified atom stereocenters. The predicted octanol–water partition coefficient (Wildman–Crippen LogP) is 1.72. The molecule has 8 heteroatoms. The quantitative estimate of drug-likeness (QED) is 0.887. The monoisotopic (exact) mass is 345 g/mol. The van der Waals surface area contributed by atoms with Gasteiger partial charge in [0.05, 0.1) is 24.3 Å². The fourth-order valence-corrected chi connectivity index (χ4v) is 2.90. The van der Waals surface area contributed by atoms with Gasteiger partial charge in [-0.05, 0) is 38.1 Å². The summed E-state index contributed by atoms with van der Waals surface area (Å²) in [5.41, 5.74) is 7.45. The number of aromatic nitrogens is 2. The van der Waals surface area contributed by atoms with Crippen LogP contribution in [-0.2, 0) is 13.1 Å². The highest BCUT2D eigenvalue weighted by Crippen LogP contribution is 2.28. The van der Waals surface area contributed by atoms with E-state index in [1.807, 2.05) is 13.8 Å². The van der Waals surface area contributed by atoms with Crippen LogP contribution in [0.2, 0.25) is 0 Å². The second-order valence-corrected chi connectivity index (χ2v) is 6.29. The molecule has 0 radical (unpaired) electrons. The molecule has 25 heavy (non-hydrogen) atoms. The third kappa shape index (κ3) is 3.33. The van der Waals surface area contributed by atoms with Crippen LogP contribution in [0.4, 0.5) is 9.18 Å². The first-order valence-corrected chi connectivity index (χ1v) is 8.07. The van der Waals surface area contributed by atoms with E-state index in [2.05, 4.69) is 10.4 Å². The lowest BCUT2D eigenvalue weighted by atomic mass is 10.0. The van der Waals surface area contributed by atoms with E-state index in [1.54, 1.807) is 21.7 Å². The second kappa shape index (κ2) is 6.54. The fraction of sp³-hybridized carbons (Fsp3) is 0.353. The van der Waals surface area contributed by atoms with Gasteiger partial charge >= 0.3 is 6.03 Å². The average Bonchev–Trinajstić information content (AvgIpc) is 2.93. The Kier molecular flexibility index (Phi) is 4.43. The number of fused-ring (bicyclic) bond motifs is 1. The Bertz CT molecular complexity index is 813. The minimum Gasteiger partial charge on any atom is -0.365 e. The molecule has 7 nitrogen and oxygen atoms in total. The van der Waals surface area contributed by atoms with Gasteiger partial charge in [-0.25, -0.2) is 9.18 Å². The Morgan fingerprint density at radius 2 is 1.92 bits per heavy atom. The number of urea groups is 1. The number of primary amides is 1. The number of nitrogens with zero attached hydrogens (tertiary/aromatic N) is 3. The molecule has 0 aliphatic carbocycles. The van der Waals surface area contributed by atoms with Gasteiger partial charge in [0.15, 0.2) is 0 Å². The van der Waals surface area contributed by atoms with Gasteiger partial charge in [-0.3, -0.25) is 9.48 Å². The summed E-state index contributed by atoms with van der Waals surface area (Å²) in [4.78, 5) is 25.9. The molecule has 0 spiro atoms. The maximum atomic E-state index is 13.2. The van der Waals surface area contributed by atoms with Crippen LogP contribution < -0.4 is 11.1 Å². The van der Waals surface area contributed by atoms with Crippen LogP contribution in [0.3, 0.4) is 0 Å². The van der Waals surface area contributed by atoms with Crippen molar-refractivity contribution >= 4 is 11.9 Å². The maximum Gasteiger partial charge on any atom is 0.318 e. The molecular formula is C17H20FN5O2. The molecule has 0 atom stereocenters. The van der Waals surface area contributed by atoms with E-state index in [-0.39, 0.29) is 30.0 Å². The van der Waals surface area contributed by atoms with Crippen molar-refractivity contribution in [3.8, 4) is 11.3 Å². The van der Waals surface area contributed by atoms with E-state index >= 15 is 0 Å². The Balaban J connectivity index is 1.98. The number of rotatable bonds is 3. The summed E-state index contributed by atoms with van der Waals surface area (Å²) < 4.78 is 14.9. The van der Waals surface area contributed by atoms with Crippen molar-refractivity contribution in [2.24, 2.45) is 5.73 Å². The van der Waals surface area contributed by atoms with Crippen molar-refractivity contribution in [1.82, 2.24) is 20.0 Å². The summed E-state index contributed by atoms with van der Waals surface area (Å²) >= 11 is 0. The SMILES string of the molecule is CC(C)NC(=O)N1CCn2nc(-c3ccc(F)cc3)c(C(N)=O)c2C1. The summed E-state index contributed by atoms with van der Waals surface area (Å²) in [6.07, 6.45) is 0. The normalized spacial score (nSPS) is 13.7. The molecule has 0 saturated carbocycles. The minimum absolute atomic E-state index is 0.0183. The van der Waals surface area contributed by atoms with Crippen molar-refractivity contribution in [2.45, 2.75) is 33.0 Å². The van der Waals surface area contributed by atoms with Crippen molar-refractivity contribution in [3.63, 3.8) is 0 Å². The van der Waals surface area contributed by atoms with Gasteiger partial charge < -0.3 is 16.0 Å². The zero-order chi connectivity index (χ0) is 18.1. The number of benzene rings is 1. The van der Waals surface area contributed by atoms with Gasteiger partial charge in [0, 0.05) is 18.2 Å². The van der Waals surface area contributed by atoms with Gasteiger partial charge in [0.1, 0.15) is 11.5 Å². The second-order valence-electron chi connectivity index (χ2n) is 6.29. The minimum atomic E-state index is -0.619. The molecule has 0 fully saturated rings. The van der Waals surface area contributed by atoms with E-state index in [0.29, 0.717) is 30.0 Å². The Labute approximate surface area is 144 Å².